The number of aromatic nitrogens is 2. The van der Waals surface area contributed by atoms with Gasteiger partial charge in [0.15, 0.2) is 0 Å². The lowest BCUT2D eigenvalue weighted by molar-refractivity contribution is 0.628. The van der Waals surface area contributed by atoms with Crippen LogP contribution in [0.2, 0.25) is 0 Å². The van der Waals surface area contributed by atoms with Gasteiger partial charge in [0.25, 0.3) is 0 Å². The highest BCUT2D eigenvalue weighted by atomic mass is 79.9. The Hall–Kier alpha value is -1.49. The summed E-state index contributed by atoms with van der Waals surface area (Å²) in [4.78, 5) is 8.28. The molecule has 0 unspecified atom stereocenters. The van der Waals surface area contributed by atoms with E-state index in [2.05, 4.69) is 31.2 Å². The van der Waals surface area contributed by atoms with Gasteiger partial charge in [-0.3, -0.25) is 0 Å². The maximum Gasteiger partial charge on any atom is 0.125 e. The summed E-state index contributed by atoms with van der Waals surface area (Å²) in [6.45, 7) is 2.37. The minimum Gasteiger partial charge on any atom is -0.378 e. The van der Waals surface area contributed by atoms with Crippen LogP contribution in [0.4, 0.5) is 10.1 Å². The maximum atomic E-state index is 13.1. The summed E-state index contributed by atoms with van der Waals surface area (Å²) >= 11 is 3.36. The summed E-state index contributed by atoms with van der Waals surface area (Å²) < 4.78 is 13.9. The van der Waals surface area contributed by atoms with Crippen LogP contribution < -0.4 is 5.32 Å². The van der Waals surface area contributed by atoms with Crippen molar-refractivity contribution in [1.29, 1.82) is 0 Å². The first-order chi connectivity index (χ1) is 8.15. The zero-order valence-corrected chi connectivity index (χ0v) is 10.8. The largest absolute Gasteiger partial charge is 0.378 e. The first kappa shape index (κ1) is 12.0. The van der Waals surface area contributed by atoms with E-state index < -0.39 is 0 Å². The Bertz CT molecular complexity index is 531. The molecule has 0 amide bonds. The van der Waals surface area contributed by atoms with Crippen LogP contribution >= 0.6 is 15.9 Å². The number of nitrogens with zero attached hydrogens (tertiary/aromatic N) is 2. The second kappa shape index (κ2) is 5.23. The quantitative estimate of drug-likeness (QED) is 0.944. The lowest BCUT2D eigenvalue weighted by atomic mass is 10.3. The van der Waals surface area contributed by atoms with Crippen LogP contribution in [0.3, 0.4) is 0 Å². The predicted octanol–water partition coefficient (Wildman–Crippen LogP) is 3.30. The second-order valence-corrected chi connectivity index (χ2v) is 4.43. The molecule has 0 radical (unpaired) electrons. The Morgan fingerprint density at radius 1 is 1.35 bits per heavy atom. The SMILES string of the molecule is Cc1nccc(CNc2cc(F)ccc2Br)n1. The summed E-state index contributed by atoms with van der Waals surface area (Å²) in [6, 6.07) is 6.35. The number of halogens is 2. The molecule has 0 aliphatic heterocycles. The molecule has 0 fully saturated rings. The molecule has 3 nitrogen and oxygen atoms in total. The first-order valence-corrected chi connectivity index (χ1v) is 5.92. The molecule has 5 heteroatoms. The van der Waals surface area contributed by atoms with Crippen molar-refractivity contribution in [3.63, 3.8) is 0 Å². The van der Waals surface area contributed by atoms with Gasteiger partial charge in [0.05, 0.1) is 17.9 Å². The fourth-order valence-corrected chi connectivity index (χ4v) is 1.81. The van der Waals surface area contributed by atoms with Crippen LogP contribution in [0.5, 0.6) is 0 Å². The van der Waals surface area contributed by atoms with Crippen LogP contribution in [0.15, 0.2) is 34.9 Å². The highest BCUT2D eigenvalue weighted by Crippen LogP contribution is 2.23. The fraction of sp³-hybridized carbons (Fsp3) is 0.167. The number of benzene rings is 1. The molecule has 1 aromatic carbocycles. The minimum atomic E-state index is -0.269. The zero-order valence-electron chi connectivity index (χ0n) is 9.24. The van der Waals surface area contributed by atoms with Crippen LogP contribution in [0, 0.1) is 12.7 Å². The number of hydrogen-bond acceptors (Lipinski definition) is 3. The summed E-state index contributed by atoms with van der Waals surface area (Å²) in [5, 5.41) is 3.12. The van der Waals surface area contributed by atoms with E-state index in [1.807, 2.05) is 13.0 Å². The molecule has 88 valence electrons. The van der Waals surface area contributed by atoms with Crippen molar-refractivity contribution in [3.8, 4) is 0 Å². The molecule has 2 aromatic rings. The van der Waals surface area contributed by atoms with E-state index in [0.717, 1.165) is 16.0 Å². The Kier molecular flexibility index (Phi) is 3.68. The molecule has 0 atom stereocenters. The highest BCUT2D eigenvalue weighted by molar-refractivity contribution is 9.10. The van der Waals surface area contributed by atoms with Gasteiger partial charge in [-0.25, -0.2) is 14.4 Å². The van der Waals surface area contributed by atoms with E-state index in [9.17, 15) is 4.39 Å². The molecule has 0 aliphatic carbocycles. The topological polar surface area (TPSA) is 37.8 Å². The molecular formula is C12H11BrFN3. The maximum absolute atomic E-state index is 13.1. The van der Waals surface area contributed by atoms with Crippen LogP contribution in [0.25, 0.3) is 0 Å². The third kappa shape index (κ3) is 3.23. The number of anilines is 1. The van der Waals surface area contributed by atoms with E-state index in [1.165, 1.54) is 12.1 Å². The van der Waals surface area contributed by atoms with Crippen LogP contribution in [-0.2, 0) is 6.54 Å². The summed E-state index contributed by atoms with van der Waals surface area (Å²) in [5.41, 5.74) is 1.58. The monoisotopic (exact) mass is 295 g/mol. The molecule has 2 rings (SSSR count). The Morgan fingerprint density at radius 2 is 2.18 bits per heavy atom. The average Bonchev–Trinajstić information content (AvgIpc) is 2.30. The van der Waals surface area contributed by atoms with Gasteiger partial charge in [-0.1, -0.05) is 0 Å². The van der Waals surface area contributed by atoms with Crippen molar-refractivity contribution < 1.29 is 4.39 Å². The third-order valence-corrected chi connectivity index (χ3v) is 2.91. The highest BCUT2D eigenvalue weighted by Gasteiger charge is 2.02. The van der Waals surface area contributed by atoms with Gasteiger partial charge in [0.1, 0.15) is 11.6 Å². The minimum absolute atomic E-state index is 0.269. The van der Waals surface area contributed by atoms with Gasteiger partial charge in [-0.2, -0.15) is 0 Å². The van der Waals surface area contributed by atoms with Crippen molar-refractivity contribution in [2.75, 3.05) is 5.32 Å². The summed E-state index contributed by atoms with van der Waals surface area (Å²) in [5.74, 6) is 0.456. The molecule has 0 aliphatic rings. The van der Waals surface area contributed by atoms with Gasteiger partial charge >= 0.3 is 0 Å². The number of aryl methyl sites for hydroxylation is 1. The van der Waals surface area contributed by atoms with E-state index in [0.29, 0.717) is 12.2 Å². The molecular weight excluding hydrogens is 285 g/mol. The van der Waals surface area contributed by atoms with Crippen LogP contribution in [0.1, 0.15) is 11.5 Å². The summed E-state index contributed by atoms with van der Waals surface area (Å²) in [6.07, 6.45) is 1.71. The summed E-state index contributed by atoms with van der Waals surface area (Å²) in [7, 11) is 0. The molecule has 0 saturated heterocycles. The van der Waals surface area contributed by atoms with Crippen molar-refractivity contribution in [2.45, 2.75) is 13.5 Å². The average molecular weight is 296 g/mol. The molecule has 0 saturated carbocycles. The van der Waals surface area contributed by atoms with Gasteiger partial charge in [-0.05, 0) is 47.1 Å². The zero-order chi connectivity index (χ0) is 12.3. The van der Waals surface area contributed by atoms with E-state index in [1.54, 1.807) is 12.3 Å². The lowest BCUT2D eigenvalue weighted by Crippen LogP contribution is -2.03. The van der Waals surface area contributed by atoms with E-state index in [-0.39, 0.29) is 5.82 Å². The Balaban J connectivity index is 2.09. The fourth-order valence-electron chi connectivity index (χ4n) is 1.42. The van der Waals surface area contributed by atoms with Gasteiger partial charge in [0, 0.05) is 10.7 Å². The molecule has 1 heterocycles. The number of rotatable bonds is 3. The van der Waals surface area contributed by atoms with Crippen molar-refractivity contribution in [3.05, 3.63) is 52.3 Å². The first-order valence-electron chi connectivity index (χ1n) is 5.12. The van der Waals surface area contributed by atoms with Crippen molar-refractivity contribution in [1.82, 2.24) is 9.97 Å². The smallest absolute Gasteiger partial charge is 0.125 e. The number of hydrogen-bond donors (Lipinski definition) is 1. The van der Waals surface area contributed by atoms with E-state index >= 15 is 0 Å². The third-order valence-electron chi connectivity index (χ3n) is 2.22. The normalized spacial score (nSPS) is 10.3. The molecule has 17 heavy (non-hydrogen) atoms. The van der Waals surface area contributed by atoms with Crippen LogP contribution in [-0.4, -0.2) is 9.97 Å². The molecule has 1 N–H and O–H groups in total. The molecule has 0 bridgehead atoms. The predicted molar refractivity (Wildman–Crippen MR) is 68.2 cm³/mol. The van der Waals surface area contributed by atoms with Crippen molar-refractivity contribution in [2.24, 2.45) is 0 Å². The molecule has 1 aromatic heterocycles. The lowest BCUT2D eigenvalue weighted by Gasteiger charge is -2.08. The van der Waals surface area contributed by atoms with Gasteiger partial charge < -0.3 is 5.32 Å². The van der Waals surface area contributed by atoms with Crippen molar-refractivity contribution >= 4 is 21.6 Å². The number of nitrogens with one attached hydrogen (secondary N) is 1. The molecule has 0 spiro atoms. The van der Waals surface area contributed by atoms with Gasteiger partial charge in [-0.15, -0.1) is 0 Å². The van der Waals surface area contributed by atoms with E-state index in [4.69, 9.17) is 0 Å². The second-order valence-electron chi connectivity index (χ2n) is 3.57. The Labute approximate surface area is 107 Å². The van der Waals surface area contributed by atoms with Gasteiger partial charge in [0.2, 0.25) is 0 Å². The standard InChI is InChI=1S/C12H11BrFN3/c1-8-15-5-4-10(17-8)7-16-12-6-9(14)2-3-11(12)13/h2-6,16H,7H2,1H3. The Morgan fingerprint density at radius 3 is 2.94 bits per heavy atom.